The lowest BCUT2D eigenvalue weighted by Crippen LogP contribution is -2.60. The Morgan fingerprint density at radius 1 is 0.926 bits per heavy atom. The van der Waals surface area contributed by atoms with E-state index < -0.39 is 11.1 Å². The highest BCUT2D eigenvalue weighted by Gasteiger charge is 2.47. The van der Waals surface area contributed by atoms with E-state index >= 15 is 0 Å². The molecule has 0 amide bonds. The van der Waals surface area contributed by atoms with Crippen LogP contribution in [0.2, 0.25) is 0 Å². The van der Waals surface area contributed by atoms with Gasteiger partial charge in [0.05, 0.1) is 0 Å². The predicted molar refractivity (Wildman–Crippen MR) is 112 cm³/mol. The van der Waals surface area contributed by atoms with Gasteiger partial charge in [-0.05, 0) is 74.7 Å². The first-order valence-corrected chi connectivity index (χ1v) is 10.7. The Balaban J connectivity index is 1.86. The van der Waals surface area contributed by atoms with Gasteiger partial charge in [-0.3, -0.25) is 4.90 Å². The molecule has 0 aromatic rings. The van der Waals surface area contributed by atoms with Crippen molar-refractivity contribution >= 4 is 17.5 Å². The molecule has 2 heterocycles. The van der Waals surface area contributed by atoms with Crippen LogP contribution in [-0.2, 0) is 14.7 Å². The van der Waals surface area contributed by atoms with Crippen LogP contribution in [0.15, 0.2) is 0 Å². The van der Waals surface area contributed by atoms with Crippen LogP contribution in [0.25, 0.3) is 0 Å². The molecule has 0 aromatic carbocycles. The summed E-state index contributed by atoms with van der Waals surface area (Å²) < 4.78 is 11.7. The fraction of sp³-hybridized carbons (Fsp3) is 0.952. The number of ether oxygens (including phenoxy) is 2. The summed E-state index contributed by atoms with van der Waals surface area (Å²) in [6.07, 6.45) is 4.88. The summed E-state index contributed by atoms with van der Waals surface area (Å²) >= 11 is 5.34. The van der Waals surface area contributed by atoms with Crippen molar-refractivity contribution in [2.45, 2.75) is 116 Å². The van der Waals surface area contributed by atoms with E-state index in [-0.39, 0.29) is 22.4 Å². The van der Waals surface area contributed by atoms with Gasteiger partial charge in [0.2, 0.25) is 0 Å². The number of hydroxylamine groups is 2. The van der Waals surface area contributed by atoms with Crippen LogP contribution in [-0.4, -0.2) is 56.6 Å². The molecule has 2 fully saturated rings. The Morgan fingerprint density at radius 2 is 1.41 bits per heavy atom. The number of hydrogen-bond acceptors (Lipinski definition) is 5. The standard InChI is InChI=1S/C21H39N2O3S/c1-18(2)10-9-11-19(3,4)22(18)12-13-25-17(27)26-16-14-20(5,6)23(24)21(7,8)15-16/h16H,9-15H2,1-8H3. The molecule has 0 spiro atoms. The maximum absolute atomic E-state index is 12.5. The zero-order valence-corrected chi connectivity index (χ0v) is 19.4. The van der Waals surface area contributed by atoms with E-state index in [0.29, 0.717) is 19.4 Å². The van der Waals surface area contributed by atoms with E-state index in [2.05, 4.69) is 32.6 Å². The van der Waals surface area contributed by atoms with Gasteiger partial charge in [-0.25, -0.2) is 0 Å². The van der Waals surface area contributed by atoms with E-state index in [1.807, 2.05) is 27.7 Å². The van der Waals surface area contributed by atoms with Crippen LogP contribution in [0.4, 0.5) is 0 Å². The molecule has 1 radical (unpaired) electrons. The largest absolute Gasteiger partial charge is 0.456 e. The van der Waals surface area contributed by atoms with Crippen molar-refractivity contribution in [1.29, 1.82) is 0 Å². The van der Waals surface area contributed by atoms with Gasteiger partial charge < -0.3 is 9.47 Å². The highest BCUT2D eigenvalue weighted by molar-refractivity contribution is 7.79. The minimum absolute atomic E-state index is 0.0874. The monoisotopic (exact) mass is 399 g/mol. The Morgan fingerprint density at radius 3 is 1.89 bits per heavy atom. The third-order valence-corrected chi connectivity index (χ3v) is 6.60. The molecule has 0 aliphatic carbocycles. The van der Waals surface area contributed by atoms with E-state index in [1.54, 1.807) is 0 Å². The van der Waals surface area contributed by atoms with Gasteiger partial charge >= 0.3 is 5.24 Å². The Kier molecular flexibility index (Phi) is 6.58. The molecule has 6 heteroatoms. The molecular weight excluding hydrogens is 360 g/mol. The van der Waals surface area contributed by atoms with Crippen LogP contribution in [0.3, 0.4) is 0 Å². The maximum atomic E-state index is 12.5. The SMILES string of the molecule is CC1(C)CC(OC(=S)OCCN2C(C)(C)CCCC2(C)C)CC(C)(C)N1[O]. The molecule has 2 aliphatic heterocycles. The van der Waals surface area contributed by atoms with Crippen LogP contribution < -0.4 is 0 Å². The lowest BCUT2D eigenvalue weighted by molar-refractivity contribution is -0.297. The average molecular weight is 400 g/mol. The summed E-state index contributed by atoms with van der Waals surface area (Å²) in [5.74, 6) is 0. The summed E-state index contributed by atoms with van der Waals surface area (Å²) in [4.78, 5) is 2.54. The fourth-order valence-electron chi connectivity index (χ4n) is 5.29. The highest BCUT2D eigenvalue weighted by atomic mass is 32.1. The van der Waals surface area contributed by atoms with Crippen LogP contribution >= 0.6 is 12.2 Å². The first-order valence-electron chi connectivity index (χ1n) is 10.3. The number of thiocarbonyl (C=S) groups is 1. The summed E-state index contributed by atoms with van der Waals surface area (Å²) in [5.41, 5.74) is -0.598. The number of hydrogen-bond donors (Lipinski definition) is 0. The molecular formula is C21H39N2O3S. The van der Waals surface area contributed by atoms with Gasteiger partial charge in [-0.1, -0.05) is 0 Å². The molecule has 0 N–H and O–H groups in total. The minimum atomic E-state index is -0.468. The third-order valence-electron chi connectivity index (χ3n) is 6.39. The Labute approximate surface area is 171 Å². The van der Waals surface area contributed by atoms with Crippen molar-refractivity contribution < 1.29 is 14.7 Å². The van der Waals surface area contributed by atoms with Crippen LogP contribution in [0, 0.1) is 0 Å². The third kappa shape index (κ3) is 5.34. The first-order chi connectivity index (χ1) is 12.2. The summed E-state index contributed by atoms with van der Waals surface area (Å²) in [6.45, 7) is 18.4. The second-order valence-electron chi connectivity index (χ2n) is 10.8. The summed E-state index contributed by atoms with van der Waals surface area (Å²) in [7, 11) is 0. The number of nitrogens with zero attached hydrogens (tertiary/aromatic N) is 2. The van der Waals surface area contributed by atoms with Crippen molar-refractivity contribution in [3.8, 4) is 0 Å². The van der Waals surface area contributed by atoms with Crippen molar-refractivity contribution in [2.24, 2.45) is 0 Å². The Bertz CT molecular complexity index is 512. The maximum Gasteiger partial charge on any atom is 0.352 e. The summed E-state index contributed by atoms with van der Waals surface area (Å²) in [6, 6.07) is 0. The van der Waals surface area contributed by atoms with Gasteiger partial charge in [0.1, 0.15) is 12.7 Å². The number of piperidine rings is 2. The molecule has 5 nitrogen and oxygen atoms in total. The predicted octanol–water partition coefficient (Wildman–Crippen LogP) is 4.71. The second kappa shape index (κ2) is 7.77. The average Bonchev–Trinajstić information content (AvgIpc) is 2.46. The Hall–Kier alpha value is -0.430. The van der Waals surface area contributed by atoms with Gasteiger partial charge in [0.15, 0.2) is 0 Å². The molecule has 27 heavy (non-hydrogen) atoms. The summed E-state index contributed by atoms with van der Waals surface area (Å²) in [5, 5.41) is 13.9. The van der Waals surface area contributed by atoms with Crippen molar-refractivity contribution in [2.75, 3.05) is 13.2 Å². The van der Waals surface area contributed by atoms with Crippen molar-refractivity contribution in [1.82, 2.24) is 9.96 Å². The highest BCUT2D eigenvalue weighted by Crippen LogP contribution is 2.39. The van der Waals surface area contributed by atoms with Crippen LogP contribution in [0.1, 0.15) is 87.5 Å². The topological polar surface area (TPSA) is 44.8 Å². The van der Waals surface area contributed by atoms with Crippen LogP contribution in [0.5, 0.6) is 0 Å². The molecule has 0 bridgehead atoms. The van der Waals surface area contributed by atoms with Gasteiger partial charge in [-0.2, -0.15) is 0 Å². The number of likely N-dealkylation sites (tertiary alicyclic amines) is 1. The lowest BCUT2D eigenvalue weighted by atomic mass is 9.80. The van der Waals surface area contributed by atoms with Crippen molar-refractivity contribution in [3.63, 3.8) is 0 Å². The van der Waals surface area contributed by atoms with Gasteiger partial charge in [0, 0.05) is 53.8 Å². The fourth-order valence-corrected chi connectivity index (χ4v) is 5.51. The molecule has 2 aliphatic rings. The smallest absolute Gasteiger partial charge is 0.352 e. The van der Waals surface area contributed by atoms with Gasteiger partial charge in [-0.15, -0.1) is 10.3 Å². The minimum Gasteiger partial charge on any atom is -0.456 e. The van der Waals surface area contributed by atoms with E-state index in [1.165, 1.54) is 24.3 Å². The van der Waals surface area contributed by atoms with E-state index in [0.717, 1.165) is 6.54 Å². The van der Waals surface area contributed by atoms with Gasteiger partial charge in [0.25, 0.3) is 0 Å². The second-order valence-corrected chi connectivity index (χ2v) is 11.1. The first kappa shape index (κ1) is 22.9. The molecule has 0 saturated carbocycles. The molecule has 0 aromatic heterocycles. The molecule has 0 atom stereocenters. The quantitative estimate of drug-likeness (QED) is 0.640. The zero-order chi connectivity index (χ0) is 20.7. The van der Waals surface area contributed by atoms with Crippen molar-refractivity contribution in [3.05, 3.63) is 0 Å². The number of rotatable bonds is 4. The molecule has 2 rings (SSSR count). The normalized spacial score (nSPS) is 27.9. The van der Waals surface area contributed by atoms with E-state index in [9.17, 15) is 5.21 Å². The lowest BCUT2D eigenvalue weighted by Gasteiger charge is -2.53. The molecule has 157 valence electrons. The molecule has 0 unspecified atom stereocenters. The zero-order valence-electron chi connectivity index (χ0n) is 18.6. The molecule has 2 saturated heterocycles. The van der Waals surface area contributed by atoms with E-state index in [4.69, 9.17) is 21.7 Å².